The van der Waals surface area contributed by atoms with E-state index >= 15 is 0 Å². The van der Waals surface area contributed by atoms with Crippen molar-refractivity contribution in [2.24, 2.45) is 0 Å². The topological polar surface area (TPSA) is 12.9 Å². The number of halogens is 2. The predicted molar refractivity (Wildman–Crippen MR) is 76.8 cm³/mol. The van der Waals surface area contributed by atoms with Gasteiger partial charge in [0.2, 0.25) is 0 Å². The van der Waals surface area contributed by atoms with E-state index in [9.17, 15) is 4.39 Å². The van der Waals surface area contributed by atoms with Gasteiger partial charge in [0, 0.05) is 10.7 Å². The quantitative estimate of drug-likeness (QED) is 0.766. The van der Waals surface area contributed by atoms with Crippen LogP contribution in [0.4, 0.5) is 4.39 Å². The van der Waals surface area contributed by atoms with Gasteiger partial charge in [0.25, 0.3) is 0 Å². The van der Waals surface area contributed by atoms with E-state index in [0.717, 1.165) is 21.2 Å². The third kappa shape index (κ3) is 2.85. The van der Waals surface area contributed by atoms with Crippen LogP contribution in [0.25, 0.3) is 11.9 Å². The van der Waals surface area contributed by atoms with E-state index < -0.39 is 0 Å². The van der Waals surface area contributed by atoms with Gasteiger partial charge >= 0.3 is 0 Å². The van der Waals surface area contributed by atoms with Crippen molar-refractivity contribution in [1.29, 1.82) is 0 Å². The summed E-state index contributed by atoms with van der Waals surface area (Å²) < 4.78 is 15.0. The fourth-order valence-electron chi connectivity index (χ4n) is 1.60. The van der Waals surface area contributed by atoms with Crippen LogP contribution in [0.5, 0.6) is 0 Å². The lowest BCUT2D eigenvalue weighted by molar-refractivity contribution is 0.757. The zero-order valence-electron chi connectivity index (χ0n) is 10.2. The van der Waals surface area contributed by atoms with Crippen LogP contribution < -0.4 is 0 Å². The van der Waals surface area contributed by atoms with Gasteiger partial charge in [-0.25, -0.2) is 4.39 Å². The molecule has 1 nitrogen and oxygen atoms in total. The largest absolute Gasteiger partial charge is 0.254 e. The average Bonchev–Trinajstić information content (AvgIpc) is 2.36. The lowest BCUT2D eigenvalue weighted by atomic mass is 10.1. The Bertz CT molecular complexity index is 588. The molecule has 0 aliphatic carbocycles. The maximum atomic E-state index is 14.0. The second-order valence-corrected chi connectivity index (χ2v) is 5.02. The van der Waals surface area contributed by atoms with Crippen molar-refractivity contribution in [3.8, 4) is 0 Å². The third-order valence-electron chi connectivity index (χ3n) is 2.75. The van der Waals surface area contributed by atoms with Crippen LogP contribution >= 0.6 is 15.9 Å². The van der Waals surface area contributed by atoms with Crippen molar-refractivity contribution in [2.75, 3.05) is 0 Å². The molecule has 92 valence electrons. The minimum atomic E-state index is -0.323. The second kappa shape index (κ2) is 5.44. The lowest BCUT2D eigenvalue weighted by Gasteiger charge is -2.03. The molecule has 1 aromatic carbocycles. The van der Waals surface area contributed by atoms with E-state index in [1.54, 1.807) is 12.3 Å². The summed E-state index contributed by atoms with van der Waals surface area (Å²) in [6.45, 7) is 3.88. The van der Waals surface area contributed by atoms with Crippen molar-refractivity contribution < 1.29 is 4.39 Å². The molecule has 0 aliphatic heterocycles. The highest BCUT2D eigenvalue weighted by Crippen LogP contribution is 2.24. The van der Waals surface area contributed by atoms with Gasteiger partial charge in [0.1, 0.15) is 5.83 Å². The summed E-state index contributed by atoms with van der Waals surface area (Å²) in [6.07, 6.45) is 3.17. The molecule has 0 N–H and O–H groups in total. The van der Waals surface area contributed by atoms with Gasteiger partial charge in [-0.3, -0.25) is 4.98 Å². The van der Waals surface area contributed by atoms with Gasteiger partial charge in [-0.05, 0) is 48.7 Å². The fourth-order valence-corrected chi connectivity index (χ4v) is 1.98. The molecule has 0 bridgehead atoms. The van der Waals surface area contributed by atoms with E-state index in [2.05, 4.69) is 20.9 Å². The summed E-state index contributed by atoms with van der Waals surface area (Å²) in [6, 6.07) is 9.25. The number of aromatic nitrogens is 1. The molecule has 0 unspecified atom stereocenters. The number of hydrogen-bond acceptors (Lipinski definition) is 1. The van der Waals surface area contributed by atoms with Crippen molar-refractivity contribution >= 4 is 27.8 Å². The van der Waals surface area contributed by atoms with Crippen LogP contribution in [-0.4, -0.2) is 4.98 Å². The molecule has 1 heterocycles. The summed E-state index contributed by atoms with van der Waals surface area (Å²) in [4.78, 5) is 4.07. The van der Waals surface area contributed by atoms with Crippen LogP contribution in [0.3, 0.4) is 0 Å². The molecule has 2 aromatic rings. The first-order valence-electron chi connectivity index (χ1n) is 5.63. The summed E-state index contributed by atoms with van der Waals surface area (Å²) in [5, 5.41) is 0. The molecule has 0 fully saturated rings. The highest BCUT2D eigenvalue weighted by Gasteiger charge is 2.04. The Hall–Kier alpha value is -1.48. The van der Waals surface area contributed by atoms with Crippen LogP contribution in [0.1, 0.15) is 22.4 Å². The summed E-state index contributed by atoms with van der Waals surface area (Å²) >= 11 is 3.43. The van der Waals surface area contributed by atoms with Crippen LogP contribution in [-0.2, 0) is 0 Å². The molecule has 2 rings (SSSR count). The second-order valence-electron chi connectivity index (χ2n) is 4.17. The van der Waals surface area contributed by atoms with Gasteiger partial charge in [-0.2, -0.15) is 0 Å². The van der Waals surface area contributed by atoms with Crippen molar-refractivity contribution in [3.63, 3.8) is 0 Å². The van der Waals surface area contributed by atoms with Gasteiger partial charge in [-0.15, -0.1) is 0 Å². The number of aryl methyl sites for hydroxylation is 1. The maximum Gasteiger partial charge on any atom is 0.149 e. The SMILES string of the molecule is Cc1ccc(C(F)=Cc2cccc(Br)c2C)nc1. The third-order valence-corrected chi connectivity index (χ3v) is 3.61. The molecule has 1 aromatic heterocycles. The molecule has 0 aliphatic rings. The predicted octanol–water partition coefficient (Wildman–Crippen LogP) is 4.93. The van der Waals surface area contributed by atoms with E-state index in [0.29, 0.717) is 5.69 Å². The zero-order valence-corrected chi connectivity index (χ0v) is 11.8. The highest BCUT2D eigenvalue weighted by atomic mass is 79.9. The standard InChI is InChI=1S/C15H13BrFN/c1-10-6-7-15(18-9-10)14(17)8-12-4-3-5-13(16)11(12)2/h3-9H,1-2H3. The zero-order chi connectivity index (χ0) is 13.1. The maximum absolute atomic E-state index is 14.0. The molecule has 0 radical (unpaired) electrons. The van der Waals surface area contributed by atoms with Crippen LogP contribution in [0.15, 0.2) is 41.0 Å². The fraction of sp³-hybridized carbons (Fsp3) is 0.133. The minimum Gasteiger partial charge on any atom is -0.254 e. The van der Waals surface area contributed by atoms with Crippen LogP contribution in [0.2, 0.25) is 0 Å². The first-order chi connectivity index (χ1) is 8.58. The Kier molecular flexibility index (Phi) is 3.92. The highest BCUT2D eigenvalue weighted by molar-refractivity contribution is 9.10. The lowest BCUT2D eigenvalue weighted by Crippen LogP contribution is -1.87. The summed E-state index contributed by atoms with van der Waals surface area (Å²) in [7, 11) is 0. The smallest absolute Gasteiger partial charge is 0.149 e. The molecule has 3 heteroatoms. The van der Waals surface area contributed by atoms with Crippen molar-refractivity contribution in [2.45, 2.75) is 13.8 Å². The normalized spacial score (nSPS) is 11.7. The van der Waals surface area contributed by atoms with Crippen molar-refractivity contribution in [3.05, 3.63) is 63.4 Å². The van der Waals surface area contributed by atoms with Crippen molar-refractivity contribution in [1.82, 2.24) is 4.98 Å². The van der Waals surface area contributed by atoms with E-state index in [1.807, 2.05) is 38.1 Å². The van der Waals surface area contributed by atoms with E-state index in [1.165, 1.54) is 6.08 Å². The molecular formula is C15H13BrFN. The number of hydrogen-bond donors (Lipinski definition) is 0. The molecule has 0 spiro atoms. The number of benzene rings is 1. The minimum absolute atomic E-state index is 0.323. The molecule has 0 saturated heterocycles. The molecule has 0 atom stereocenters. The molecule has 0 saturated carbocycles. The number of rotatable bonds is 2. The van der Waals surface area contributed by atoms with E-state index in [-0.39, 0.29) is 5.83 Å². The number of pyridine rings is 1. The Morgan fingerprint density at radius 3 is 2.67 bits per heavy atom. The molecule has 0 amide bonds. The average molecular weight is 306 g/mol. The summed E-state index contributed by atoms with van der Waals surface area (Å²) in [5.41, 5.74) is 3.24. The van der Waals surface area contributed by atoms with E-state index in [4.69, 9.17) is 0 Å². The Morgan fingerprint density at radius 1 is 1.22 bits per heavy atom. The number of nitrogens with zero attached hydrogens (tertiary/aromatic N) is 1. The first kappa shape index (κ1) is 13.0. The first-order valence-corrected chi connectivity index (χ1v) is 6.42. The van der Waals surface area contributed by atoms with Gasteiger partial charge in [0.15, 0.2) is 0 Å². The monoisotopic (exact) mass is 305 g/mol. The Labute approximate surface area is 115 Å². The van der Waals surface area contributed by atoms with Gasteiger partial charge < -0.3 is 0 Å². The molecule has 18 heavy (non-hydrogen) atoms. The Morgan fingerprint density at radius 2 is 2.00 bits per heavy atom. The molecular weight excluding hydrogens is 293 g/mol. The summed E-state index contributed by atoms with van der Waals surface area (Å²) in [5.74, 6) is -0.323. The Balaban J connectivity index is 2.38. The van der Waals surface area contributed by atoms with Gasteiger partial charge in [-0.1, -0.05) is 34.1 Å². The van der Waals surface area contributed by atoms with Gasteiger partial charge in [0.05, 0.1) is 5.69 Å². The van der Waals surface area contributed by atoms with Crippen LogP contribution in [0, 0.1) is 13.8 Å².